The summed E-state index contributed by atoms with van der Waals surface area (Å²) in [4.78, 5) is 14.1. The Morgan fingerprint density at radius 1 is 1.38 bits per heavy atom. The maximum atomic E-state index is 12.1. The van der Waals surface area contributed by atoms with Gasteiger partial charge in [0.25, 0.3) is 0 Å². The molecule has 92 valence electrons. The highest BCUT2D eigenvalue weighted by Crippen LogP contribution is 2.16. The Morgan fingerprint density at radius 3 is 2.25 bits per heavy atom. The molecule has 1 heterocycles. The summed E-state index contributed by atoms with van der Waals surface area (Å²) < 4.78 is 11.2. The number of nitrogens with two attached hydrogens (primary N) is 1. The summed E-state index contributed by atoms with van der Waals surface area (Å²) in [6, 6.07) is 0. The Morgan fingerprint density at radius 2 is 1.88 bits per heavy atom. The topological polar surface area (TPSA) is 63.4 Å². The zero-order valence-electron chi connectivity index (χ0n) is 9.64. The fraction of sp³-hybridized carbons (Fsp3) is 0.800. The van der Waals surface area contributed by atoms with Gasteiger partial charge in [0.05, 0.1) is 10.9 Å². The summed E-state index contributed by atoms with van der Waals surface area (Å²) in [5, 5.41) is 0. The highest BCUT2D eigenvalue weighted by molar-refractivity contribution is 7.85. The Hall–Kier alpha value is -0.490. The number of hydrogen-bond acceptors (Lipinski definition) is 3. The summed E-state index contributed by atoms with van der Waals surface area (Å²) in [6.45, 7) is 4.97. The normalized spacial score (nSPS) is 19.8. The van der Waals surface area contributed by atoms with Crippen molar-refractivity contribution in [2.45, 2.75) is 13.8 Å². The molecule has 0 aromatic rings. The van der Waals surface area contributed by atoms with Crippen LogP contribution < -0.4 is 5.73 Å². The third-order valence-corrected chi connectivity index (χ3v) is 4.26. The van der Waals surface area contributed by atoms with Crippen LogP contribution in [0.3, 0.4) is 0 Å². The van der Waals surface area contributed by atoms with E-state index in [1.54, 1.807) is 4.90 Å². The number of hydrogen-bond donors (Lipinski definition) is 1. The van der Waals surface area contributed by atoms with E-state index in [1.807, 2.05) is 13.8 Å². The molecule has 4 nitrogen and oxygen atoms in total. The van der Waals surface area contributed by atoms with E-state index in [-0.39, 0.29) is 22.7 Å². The third-order valence-electron chi connectivity index (χ3n) is 2.73. The van der Waals surface area contributed by atoms with Gasteiger partial charge in [-0.2, -0.15) is 0 Å². The van der Waals surface area contributed by atoms with Gasteiger partial charge in [-0.3, -0.25) is 9.00 Å². The van der Waals surface area contributed by atoms with Crippen LogP contribution in [0, 0.1) is 11.8 Å². The van der Waals surface area contributed by atoms with E-state index < -0.39 is 10.8 Å². The molecule has 1 rings (SSSR count). The van der Waals surface area contributed by atoms with Crippen molar-refractivity contribution in [1.82, 2.24) is 4.90 Å². The molecule has 1 aliphatic rings. The fourth-order valence-corrected chi connectivity index (χ4v) is 3.22. The lowest BCUT2D eigenvalue weighted by Gasteiger charge is -2.31. The SMILES string of the molecule is CC(C)C(C(=O)N1CCS(=O)CC1)C(N)=S. The monoisotopic (exact) mass is 262 g/mol. The number of carbonyl (C=O) groups excluding carboxylic acids is 1. The van der Waals surface area contributed by atoms with Gasteiger partial charge in [0.15, 0.2) is 0 Å². The van der Waals surface area contributed by atoms with E-state index in [9.17, 15) is 9.00 Å². The molecule has 1 atom stereocenters. The Labute approximate surface area is 104 Å². The highest BCUT2D eigenvalue weighted by atomic mass is 32.2. The first-order valence-electron chi connectivity index (χ1n) is 5.36. The van der Waals surface area contributed by atoms with E-state index in [0.29, 0.717) is 24.6 Å². The first kappa shape index (κ1) is 13.6. The van der Waals surface area contributed by atoms with Crippen LogP contribution in [0.1, 0.15) is 13.8 Å². The van der Waals surface area contributed by atoms with Crippen LogP contribution in [0.5, 0.6) is 0 Å². The summed E-state index contributed by atoms with van der Waals surface area (Å²) in [5.74, 6) is 0.833. The van der Waals surface area contributed by atoms with Gasteiger partial charge in [-0.05, 0) is 5.92 Å². The molecule has 2 N–H and O–H groups in total. The lowest BCUT2D eigenvalue weighted by atomic mass is 9.94. The highest BCUT2D eigenvalue weighted by Gasteiger charge is 2.30. The number of amides is 1. The van der Waals surface area contributed by atoms with Gasteiger partial charge < -0.3 is 10.6 Å². The quantitative estimate of drug-likeness (QED) is 0.735. The van der Waals surface area contributed by atoms with Crippen molar-refractivity contribution in [1.29, 1.82) is 0 Å². The van der Waals surface area contributed by atoms with E-state index >= 15 is 0 Å². The van der Waals surface area contributed by atoms with Crippen molar-refractivity contribution in [2.24, 2.45) is 17.6 Å². The summed E-state index contributed by atoms with van der Waals surface area (Å²) in [7, 11) is -0.770. The van der Waals surface area contributed by atoms with Crippen LogP contribution >= 0.6 is 12.2 Å². The van der Waals surface area contributed by atoms with E-state index in [4.69, 9.17) is 18.0 Å². The second kappa shape index (κ2) is 5.72. The number of carbonyl (C=O) groups is 1. The van der Waals surface area contributed by atoms with Gasteiger partial charge in [-0.25, -0.2) is 0 Å². The average molecular weight is 262 g/mol. The second-order valence-electron chi connectivity index (χ2n) is 4.30. The smallest absolute Gasteiger partial charge is 0.232 e. The van der Waals surface area contributed by atoms with Crippen LogP contribution in [-0.2, 0) is 15.6 Å². The molecular formula is C10H18N2O2S2. The van der Waals surface area contributed by atoms with Crippen LogP contribution in [0.15, 0.2) is 0 Å². The lowest BCUT2D eigenvalue weighted by molar-refractivity contribution is -0.134. The van der Waals surface area contributed by atoms with E-state index in [2.05, 4.69) is 0 Å². The van der Waals surface area contributed by atoms with Gasteiger partial charge in [0.1, 0.15) is 0 Å². The minimum atomic E-state index is -0.770. The molecule has 0 radical (unpaired) electrons. The molecule has 0 aromatic carbocycles. The Kier molecular flexibility index (Phi) is 4.86. The Balaban J connectivity index is 2.68. The molecule has 1 amide bonds. The molecule has 6 heteroatoms. The van der Waals surface area contributed by atoms with Crippen molar-refractivity contribution < 1.29 is 9.00 Å². The van der Waals surface area contributed by atoms with Crippen molar-refractivity contribution in [3.05, 3.63) is 0 Å². The maximum Gasteiger partial charge on any atom is 0.232 e. The largest absolute Gasteiger partial charge is 0.393 e. The molecule has 0 aliphatic carbocycles. The predicted molar refractivity (Wildman–Crippen MR) is 69.6 cm³/mol. The van der Waals surface area contributed by atoms with Crippen molar-refractivity contribution in [3.8, 4) is 0 Å². The number of thiocarbonyl (C=S) groups is 1. The first-order valence-corrected chi connectivity index (χ1v) is 7.26. The van der Waals surface area contributed by atoms with Crippen molar-refractivity contribution in [2.75, 3.05) is 24.6 Å². The molecule has 1 fully saturated rings. The fourth-order valence-electron chi connectivity index (χ4n) is 1.79. The zero-order chi connectivity index (χ0) is 12.3. The van der Waals surface area contributed by atoms with Gasteiger partial charge in [-0.1, -0.05) is 26.1 Å². The average Bonchev–Trinajstić information content (AvgIpc) is 2.17. The first-order chi connectivity index (χ1) is 7.43. The van der Waals surface area contributed by atoms with Crippen molar-refractivity contribution in [3.63, 3.8) is 0 Å². The van der Waals surface area contributed by atoms with Crippen LogP contribution in [0.25, 0.3) is 0 Å². The third kappa shape index (κ3) is 3.25. The molecule has 0 bridgehead atoms. The maximum absolute atomic E-state index is 12.1. The predicted octanol–water partition coefficient (Wildman–Crippen LogP) is 0.136. The molecule has 16 heavy (non-hydrogen) atoms. The minimum absolute atomic E-state index is 0.0146. The summed E-state index contributed by atoms with van der Waals surface area (Å²) >= 11 is 4.93. The molecular weight excluding hydrogens is 244 g/mol. The second-order valence-corrected chi connectivity index (χ2v) is 6.46. The van der Waals surface area contributed by atoms with Crippen molar-refractivity contribution >= 4 is 33.9 Å². The van der Waals surface area contributed by atoms with E-state index in [0.717, 1.165) is 0 Å². The standard InChI is InChI=1S/C10H18N2O2S2/c1-7(2)8(9(11)15)10(13)12-3-5-16(14)6-4-12/h7-8H,3-6H2,1-2H3,(H2,11,15). The summed E-state index contributed by atoms with van der Waals surface area (Å²) in [6.07, 6.45) is 0. The number of nitrogens with zero attached hydrogens (tertiary/aromatic N) is 1. The Bertz CT molecular complexity index is 308. The minimum Gasteiger partial charge on any atom is -0.393 e. The van der Waals surface area contributed by atoms with Gasteiger partial charge in [0, 0.05) is 35.4 Å². The molecule has 1 aliphatic heterocycles. The van der Waals surface area contributed by atoms with Gasteiger partial charge in [-0.15, -0.1) is 0 Å². The van der Waals surface area contributed by atoms with Gasteiger partial charge >= 0.3 is 0 Å². The molecule has 1 saturated heterocycles. The van der Waals surface area contributed by atoms with Gasteiger partial charge in [0.2, 0.25) is 5.91 Å². The molecule has 0 aromatic heterocycles. The van der Waals surface area contributed by atoms with Crippen LogP contribution in [0.4, 0.5) is 0 Å². The molecule has 1 unspecified atom stereocenters. The lowest BCUT2D eigenvalue weighted by Crippen LogP contribution is -2.48. The number of rotatable bonds is 3. The molecule has 0 spiro atoms. The zero-order valence-corrected chi connectivity index (χ0v) is 11.3. The summed E-state index contributed by atoms with van der Waals surface area (Å²) in [5.41, 5.74) is 5.60. The molecule has 0 saturated carbocycles. The van der Waals surface area contributed by atoms with Crippen LogP contribution in [0.2, 0.25) is 0 Å². The van der Waals surface area contributed by atoms with E-state index in [1.165, 1.54) is 0 Å². The van der Waals surface area contributed by atoms with Crippen LogP contribution in [-0.4, -0.2) is 44.6 Å².